The number of aryl methyl sites for hydroxylation is 1. The van der Waals surface area contributed by atoms with Gasteiger partial charge < -0.3 is 5.32 Å². The fraction of sp³-hybridized carbons (Fsp3) is 0.167. The van der Waals surface area contributed by atoms with Crippen LogP contribution in [0.2, 0.25) is 0 Å². The van der Waals surface area contributed by atoms with Crippen LogP contribution in [0.25, 0.3) is 17.1 Å². The van der Waals surface area contributed by atoms with Crippen molar-refractivity contribution < 1.29 is 4.79 Å². The predicted octanol–water partition coefficient (Wildman–Crippen LogP) is 4.35. The van der Waals surface area contributed by atoms with Gasteiger partial charge in [0, 0.05) is 24.5 Å². The second-order valence-corrected chi connectivity index (χ2v) is 8.09. The van der Waals surface area contributed by atoms with Gasteiger partial charge in [-0.2, -0.15) is 0 Å². The molecule has 0 aliphatic carbocycles. The second kappa shape index (κ2) is 9.57. The summed E-state index contributed by atoms with van der Waals surface area (Å²) in [5, 5.41) is 12.5. The van der Waals surface area contributed by atoms with Crippen LogP contribution in [-0.2, 0) is 11.3 Å². The second-order valence-electron chi connectivity index (χ2n) is 7.15. The van der Waals surface area contributed by atoms with E-state index in [1.165, 1.54) is 17.3 Å². The van der Waals surface area contributed by atoms with Gasteiger partial charge in [-0.25, -0.2) is 0 Å². The first-order valence-electron chi connectivity index (χ1n) is 9.99. The Kier molecular flexibility index (Phi) is 6.43. The van der Waals surface area contributed by atoms with Crippen molar-refractivity contribution in [3.8, 4) is 17.1 Å². The number of aromatic nitrogens is 4. The molecule has 0 unspecified atom stereocenters. The third-order valence-corrected chi connectivity index (χ3v) is 5.98. The number of amides is 1. The highest BCUT2D eigenvalue weighted by Crippen LogP contribution is 2.30. The maximum Gasteiger partial charge on any atom is 0.230 e. The highest BCUT2D eigenvalue weighted by molar-refractivity contribution is 7.99. The third kappa shape index (κ3) is 4.83. The first-order chi connectivity index (χ1) is 15.1. The Morgan fingerprint density at radius 3 is 2.52 bits per heavy atom. The molecule has 0 saturated carbocycles. The van der Waals surface area contributed by atoms with Gasteiger partial charge in [-0.05, 0) is 48.7 Å². The Hall–Kier alpha value is -3.45. The molecule has 0 spiro atoms. The Balaban J connectivity index is 1.58. The summed E-state index contributed by atoms with van der Waals surface area (Å²) in [6, 6.07) is 19.8. The minimum Gasteiger partial charge on any atom is -0.351 e. The maximum atomic E-state index is 12.4. The van der Waals surface area contributed by atoms with Crippen LogP contribution in [0, 0.1) is 13.8 Å². The minimum absolute atomic E-state index is 0.0465. The third-order valence-electron chi connectivity index (χ3n) is 5.05. The maximum absolute atomic E-state index is 12.4. The Morgan fingerprint density at radius 1 is 0.968 bits per heavy atom. The van der Waals surface area contributed by atoms with Gasteiger partial charge in [-0.15, -0.1) is 10.2 Å². The molecule has 31 heavy (non-hydrogen) atoms. The minimum atomic E-state index is -0.0465. The van der Waals surface area contributed by atoms with Crippen LogP contribution in [0.3, 0.4) is 0 Å². The quantitative estimate of drug-likeness (QED) is 0.442. The zero-order valence-electron chi connectivity index (χ0n) is 17.4. The van der Waals surface area contributed by atoms with Gasteiger partial charge in [-0.3, -0.25) is 14.3 Å². The first-order valence-corrected chi connectivity index (χ1v) is 11.0. The zero-order chi connectivity index (χ0) is 21.6. The summed E-state index contributed by atoms with van der Waals surface area (Å²) in [7, 11) is 0. The van der Waals surface area contributed by atoms with E-state index in [1.54, 1.807) is 12.4 Å². The van der Waals surface area contributed by atoms with Gasteiger partial charge in [0.05, 0.1) is 11.4 Å². The fourth-order valence-corrected chi connectivity index (χ4v) is 4.00. The van der Waals surface area contributed by atoms with Gasteiger partial charge >= 0.3 is 0 Å². The van der Waals surface area contributed by atoms with Gasteiger partial charge in [0.15, 0.2) is 11.0 Å². The van der Waals surface area contributed by atoms with E-state index >= 15 is 0 Å². The highest BCUT2D eigenvalue weighted by Gasteiger charge is 2.19. The molecule has 0 saturated heterocycles. The molecule has 156 valence electrons. The summed E-state index contributed by atoms with van der Waals surface area (Å²) in [6.07, 6.45) is 3.47. The van der Waals surface area contributed by atoms with Crippen molar-refractivity contribution in [2.75, 3.05) is 5.75 Å². The summed E-state index contributed by atoms with van der Waals surface area (Å²) in [6.45, 7) is 4.67. The predicted molar refractivity (Wildman–Crippen MR) is 123 cm³/mol. The molecule has 6 nitrogen and oxygen atoms in total. The molecule has 1 amide bonds. The van der Waals surface area contributed by atoms with Crippen molar-refractivity contribution in [2.45, 2.75) is 25.5 Å². The largest absolute Gasteiger partial charge is 0.351 e. The van der Waals surface area contributed by atoms with Crippen LogP contribution in [0.5, 0.6) is 0 Å². The molecule has 0 aliphatic heterocycles. The number of nitrogens with one attached hydrogen (secondary N) is 1. The number of carbonyl (C=O) groups is 1. The number of rotatable bonds is 7. The van der Waals surface area contributed by atoms with E-state index < -0.39 is 0 Å². The number of carbonyl (C=O) groups excluding carboxylic acids is 1. The van der Waals surface area contributed by atoms with Crippen molar-refractivity contribution in [1.29, 1.82) is 0 Å². The molecular weight excluding hydrogens is 406 g/mol. The number of nitrogens with zero attached hydrogens (tertiary/aromatic N) is 4. The molecule has 1 N–H and O–H groups in total. The standard InChI is InChI=1S/C24H23N5OS/c1-17-7-6-10-21(18(17)2)29-23(20-11-13-25-14-12-20)27-28-24(29)31-16-22(30)26-15-19-8-4-3-5-9-19/h3-14H,15-16H2,1-2H3,(H,26,30). The summed E-state index contributed by atoms with van der Waals surface area (Å²) in [5.41, 5.74) is 5.32. The Bertz CT molecular complexity index is 1180. The zero-order valence-corrected chi connectivity index (χ0v) is 18.3. The monoisotopic (exact) mass is 429 g/mol. The normalized spacial score (nSPS) is 10.8. The average molecular weight is 430 g/mol. The van der Waals surface area contributed by atoms with Crippen LogP contribution in [0.15, 0.2) is 78.2 Å². The molecular formula is C24H23N5OS. The molecule has 0 fully saturated rings. The lowest BCUT2D eigenvalue weighted by Crippen LogP contribution is -2.24. The molecule has 2 aromatic heterocycles. The highest BCUT2D eigenvalue weighted by atomic mass is 32.2. The van der Waals surface area contributed by atoms with Gasteiger partial charge in [0.25, 0.3) is 0 Å². The molecule has 0 radical (unpaired) electrons. The molecule has 2 heterocycles. The van der Waals surface area contributed by atoms with Crippen LogP contribution < -0.4 is 5.32 Å². The van der Waals surface area contributed by atoms with E-state index in [9.17, 15) is 4.79 Å². The van der Waals surface area contributed by atoms with E-state index in [4.69, 9.17) is 0 Å². The summed E-state index contributed by atoms with van der Waals surface area (Å²) < 4.78 is 2.02. The smallest absolute Gasteiger partial charge is 0.230 e. The van der Waals surface area contributed by atoms with Crippen molar-refractivity contribution in [2.24, 2.45) is 0 Å². The van der Waals surface area contributed by atoms with Crippen molar-refractivity contribution in [3.05, 3.63) is 89.7 Å². The lowest BCUT2D eigenvalue weighted by atomic mass is 10.1. The van der Waals surface area contributed by atoms with Crippen molar-refractivity contribution in [1.82, 2.24) is 25.1 Å². The van der Waals surface area contributed by atoms with Gasteiger partial charge in [-0.1, -0.05) is 54.2 Å². The lowest BCUT2D eigenvalue weighted by Gasteiger charge is -2.14. The van der Waals surface area contributed by atoms with Crippen molar-refractivity contribution in [3.63, 3.8) is 0 Å². The van der Waals surface area contributed by atoms with Crippen LogP contribution in [-0.4, -0.2) is 31.4 Å². The molecule has 0 bridgehead atoms. The lowest BCUT2D eigenvalue weighted by molar-refractivity contribution is -0.118. The molecule has 4 rings (SSSR count). The van der Waals surface area contributed by atoms with Crippen LogP contribution in [0.1, 0.15) is 16.7 Å². The number of benzene rings is 2. The molecule has 7 heteroatoms. The average Bonchev–Trinajstić information content (AvgIpc) is 3.23. The van der Waals surface area contributed by atoms with Gasteiger partial charge in [0.2, 0.25) is 5.91 Å². The fourth-order valence-electron chi connectivity index (χ4n) is 3.22. The topological polar surface area (TPSA) is 72.7 Å². The summed E-state index contributed by atoms with van der Waals surface area (Å²) in [5.74, 6) is 0.935. The molecule has 0 atom stereocenters. The molecule has 0 aliphatic rings. The molecule has 4 aromatic rings. The van der Waals surface area contributed by atoms with Crippen molar-refractivity contribution >= 4 is 17.7 Å². The van der Waals surface area contributed by atoms with E-state index in [-0.39, 0.29) is 11.7 Å². The SMILES string of the molecule is Cc1cccc(-n2c(SCC(=O)NCc3ccccc3)nnc2-c2ccncc2)c1C. The van der Waals surface area contributed by atoms with E-state index in [1.807, 2.05) is 53.1 Å². The Morgan fingerprint density at radius 2 is 1.74 bits per heavy atom. The number of pyridine rings is 1. The Labute approximate surface area is 185 Å². The van der Waals surface area contributed by atoms with E-state index in [0.717, 1.165) is 28.2 Å². The van der Waals surface area contributed by atoms with Crippen LogP contribution in [0.4, 0.5) is 0 Å². The summed E-state index contributed by atoms with van der Waals surface area (Å²) in [4.78, 5) is 16.5. The van der Waals surface area contributed by atoms with Crippen LogP contribution >= 0.6 is 11.8 Å². The van der Waals surface area contributed by atoms with E-state index in [0.29, 0.717) is 11.7 Å². The van der Waals surface area contributed by atoms with Gasteiger partial charge in [0.1, 0.15) is 0 Å². The number of hydrogen-bond acceptors (Lipinski definition) is 5. The molecule has 2 aromatic carbocycles. The number of hydrogen-bond donors (Lipinski definition) is 1. The van der Waals surface area contributed by atoms with E-state index in [2.05, 4.69) is 46.5 Å². The first kappa shape index (κ1) is 20.8. The number of thioether (sulfide) groups is 1. The summed E-state index contributed by atoms with van der Waals surface area (Å²) >= 11 is 1.38.